The molecule has 0 saturated heterocycles. The Morgan fingerprint density at radius 1 is 1.40 bits per heavy atom. The van der Waals surface area contributed by atoms with Crippen LogP contribution in [-0.4, -0.2) is 11.3 Å². The number of aromatic nitrogens is 1. The van der Waals surface area contributed by atoms with Crippen LogP contribution in [0.5, 0.6) is 5.75 Å². The molecule has 0 bridgehead atoms. The monoisotopic (exact) mass is 344 g/mol. The lowest BCUT2D eigenvalue weighted by molar-refractivity contribution is -0.275. The van der Waals surface area contributed by atoms with Crippen LogP contribution in [-0.2, 0) is 0 Å². The van der Waals surface area contributed by atoms with Crippen LogP contribution in [0.4, 0.5) is 13.2 Å². The minimum absolute atomic E-state index is 0.189. The second-order valence-corrected chi connectivity index (χ2v) is 3.84. The van der Waals surface area contributed by atoms with Crippen molar-refractivity contribution < 1.29 is 17.9 Å². The molecule has 0 fully saturated rings. The highest BCUT2D eigenvalue weighted by atomic mass is 79.9. The summed E-state index contributed by atoms with van der Waals surface area (Å²) in [6, 6.07) is 2.71. The number of hydrogen-bond donors (Lipinski definition) is 0. The first-order valence-corrected chi connectivity index (χ1v) is 4.94. The van der Waals surface area contributed by atoms with E-state index in [0.717, 1.165) is 6.07 Å². The summed E-state index contributed by atoms with van der Waals surface area (Å²) in [6.07, 6.45) is -4.86. The van der Waals surface area contributed by atoms with Crippen molar-refractivity contribution in [1.82, 2.24) is 4.98 Å². The van der Waals surface area contributed by atoms with Gasteiger partial charge in [-0.15, -0.1) is 13.2 Å². The van der Waals surface area contributed by atoms with Gasteiger partial charge >= 0.3 is 6.36 Å². The Labute approximate surface area is 99.1 Å². The number of nitrogens with zero attached hydrogens (tertiary/aromatic N) is 2. The molecule has 1 aromatic rings. The van der Waals surface area contributed by atoms with Crippen molar-refractivity contribution in [2.45, 2.75) is 6.36 Å². The van der Waals surface area contributed by atoms with E-state index in [1.807, 2.05) is 0 Å². The molecular formula is C7HBr2F3N2O. The Morgan fingerprint density at radius 2 is 2.00 bits per heavy atom. The van der Waals surface area contributed by atoms with Crippen molar-refractivity contribution in [2.75, 3.05) is 0 Å². The van der Waals surface area contributed by atoms with E-state index in [1.54, 1.807) is 6.07 Å². The van der Waals surface area contributed by atoms with E-state index >= 15 is 0 Å². The van der Waals surface area contributed by atoms with Gasteiger partial charge in [0.15, 0.2) is 10.4 Å². The summed E-state index contributed by atoms with van der Waals surface area (Å²) < 4.78 is 39.5. The van der Waals surface area contributed by atoms with Crippen molar-refractivity contribution in [3.8, 4) is 11.8 Å². The molecule has 0 aliphatic carbocycles. The molecular weight excluding hydrogens is 345 g/mol. The highest BCUT2D eigenvalue weighted by Crippen LogP contribution is 2.33. The van der Waals surface area contributed by atoms with Crippen molar-refractivity contribution >= 4 is 31.9 Å². The average molecular weight is 346 g/mol. The molecule has 0 aromatic carbocycles. The van der Waals surface area contributed by atoms with Crippen molar-refractivity contribution in [1.29, 1.82) is 5.26 Å². The van der Waals surface area contributed by atoms with Gasteiger partial charge in [-0.1, -0.05) is 0 Å². The van der Waals surface area contributed by atoms with E-state index < -0.39 is 12.1 Å². The first-order chi connectivity index (χ1) is 6.83. The molecule has 0 N–H and O–H groups in total. The molecule has 15 heavy (non-hydrogen) atoms. The molecule has 8 heteroatoms. The van der Waals surface area contributed by atoms with E-state index in [0.29, 0.717) is 0 Å². The fraction of sp³-hybridized carbons (Fsp3) is 0.143. The summed E-state index contributed by atoms with van der Waals surface area (Å²) in [7, 11) is 0. The Morgan fingerprint density at radius 3 is 2.47 bits per heavy atom. The Kier molecular flexibility index (Phi) is 3.57. The Bertz CT molecular complexity index is 427. The molecule has 0 aliphatic heterocycles. The van der Waals surface area contributed by atoms with E-state index in [1.165, 1.54) is 0 Å². The van der Waals surface area contributed by atoms with Crippen LogP contribution in [0.25, 0.3) is 0 Å². The quantitative estimate of drug-likeness (QED) is 0.733. The van der Waals surface area contributed by atoms with Gasteiger partial charge in [-0.2, -0.15) is 5.26 Å². The van der Waals surface area contributed by atoms with Crippen LogP contribution < -0.4 is 4.74 Å². The molecule has 3 nitrogen and oxygen atoms in total. The average Bonchev–Trinajstić information content (AvgIpc) is 2.07. The number of hydrogen-bond acceptors (Lipinski definition) is 3. The summed E-state index contributed by atoms with van der Waals surface area (Å²) >= 11 is 5.71. The molecule has 0 radical (unpaired) electrons. The second kappa shape index (κ2) is 4.37. The maximum atomic E-state index is 11.9. The van der Waals surface area contributed by atoms with Gasteiger partial charge in [0.25, 0.3) is 0 Å². The number of pyridine rings is 1. The van der Waals surface area contributed by atoms with E-state index in [-0.39, 0.29) is 14.8 Å². The number of nitriles is 1. The molecule has 1 aromatic heterocycles. The fourth-order valence-corrected chi connectivity index (χ4v) is 1.90. The lowest BCUT2D eigenvalue weighted by Gasteiger charge is -2.11. The zero-order chi connectivity index (χ0) is 11.6. The van der Waals surface area contributed by atoms with Crippen LogP contribution >= 0.6 is 31.9 Å². The first-order valence-electron chi connectivity index (χ1n) is 3.35. The molecule has 0 unspecified atom stereocenters. The normalized spacial score (nSPS) is 10.9. The summed E-state index contributed by atoms with van der Waals surface area (Å²) in [5.74, 6) is -0.645. The Hall–Kier alpha value is -0.810. The molecule has 1 rings (SSSR count). The van der Waals surface area contributed by atoms with E-state index in [4.69, 9.17) is 5.26 Å². The predicted molar refractivity (Wildman–Crippen MR) is 51.0 cm³/mol. The lowest BCUT2D eigenvalue weighted by Crippen LogP contribution is -2.18. The largest absolute Gasteiger partial charge is 0.573 e. The zero-order valence-electron chi connectivity index (χ0n) is 6.77. The molecule has 1 heterocycles. The second-order valence-electron chi connectivity index (χ2n) is 2.27. The maximum Gasteiger partial charge on any atom is 0.573 e. The highest BCUT2D eigenvalue weighted by Gasteiger charge is 2.33. The summed E-state index contributed by atoms with van der Waals surface area (Å²) in [4.78, 5) is 3.62. The van der Waals surface area contributed by atoms with E-state index in [9.17, 15) is 13.2 Å². The minimum atomic E-state index is -4.86. The van der Waals surface area contributed by atoms with E-state index in [2.05, 4.69) is 41.6 Å². The van der Waals surface area contributed by atoms with Crippen molar-refractivity contribution in [3.63, 3.8) is 0 Å². The van der Waals surface area contributed by atoms with Crippen LogP contribution in [0.1, 0.15) is 5.56 Å². The molecule has 0 atom stereocenters. The standard InChI is InChI=1S/C7HBr2F3N2O/c8-4-1-3(2-13)5(6(9)14-4)15-7(10,11)12/h1H. The summed E-state index contributed by atoms with van der Waals surface area (Å²) in [6.45, 7) is 0. The van der Waals surface area contributed by atoms with Crippen molar-refractivity contribution in [3.05, 3.63) is 20.8 Å². The molecule has 0 aliphatic rings. The van der Waals surface area contributed by atoms with Gasteiger partial charge in [-0.25, -0.2) is 4.98 Å². The number of alkyl halides is 3. The number of ether oxygens (including phenoxy) is 1. The van der Waals surface area contributed by atoms with Gasteiger partial charge in [0.1, 0.15) is 10.7 Å². The molecule has 0 saturated carbocycles. The van der Waals surface area contributed by atoms with Gasteiger partial charge in [-0.3, -0.25) is 0 Å². The molecule has 80 valence electrons. The third-order valence-electron chi connectivity index (χ3n) is 1.24. The first kappa shape index (κ1) is 12.3. The highest BCUT2D eigenvalue weighted by molar-refractivity contribution is 9.11. The van der Waals surface area contributed by atoms with Crippen LogP contribution in [0.15, 0.2) is 15.3 Å². The van der Waals surface area contributed by atoms with Gasteiger partial charge in [0, 0.05) is 0 Å². The topological polar surface area (TPSA) is 45.9 Å². The summed E-state index contributed by atoms with van der Waals surface area (Å²) in [5, 5.41) is 8.60. The number of rotatable bonds is 1. The minimum Gasteiger partial charge on any atom is -0.401 e. The zero-order valence-corrected chi connectivity index (χ0v) is 9.94. The van der Waals surface area contributed by atoms with Gasteiger partial charge in [-0.05, 0) is 37.9 Å². The summed E-state index contributed by atoms with van der Waals surface area (Å²) in [5.41, 5.74) is -0.263. The van der Waals surface area contributed by atoms with Crippen molar-refractivity contribution in [2.24, 2.45) is 0 Å². The lowest BCUT2D eigenvalue weighted by atomic mass is 10.3. The smallest absolute Gasteiger partial charge is 0.401 e. The van der Waals surface area contributed by atoms with Gasteiger partial charge in [0.2, 0.25) is 0 Å². The maximum absolute atomic E-state index is 11.9. The third-order valence-corrected chi connectivity index (χ3v) is 2.18. The fourth-order valence-electron chi connectivity index (χ4n) is 0.768. The molecule has 0 amide bonds. The van der Waals surface area contributed by atoms with Gasteiger partial charge < -0.3 is 4.74 Å². The third kappa shape index (κ3) is 3.35. The van der Waals surface area contributed by atoms with Crippen LogP contribution in [0, 0.1) is 11.3 Å². The van der Waals surface area contributed by atoms with Crippen LogP contribution in [0.3, 0.4) is 0 Å². The van der Waals surface area contributed by atoms with Gasteiger partial charge in [0.05, 0.1) is 5.56 Å². The molecule has 0 spiro atoms. The van der Waals surface area contributed by atoms with Crippen LogP contribution in [0.2, 0.25) is 0 Å². The SMILES string of the molecule is N#Cc1cc(Br)nc(Br)c1OC(F)(F)F. The number of halogens is 5. The Balaban J connectivity index is 3.23. The predicted octanol–water partition coefficient (Wildman–Crippen LogP) is 3.38.